The zero-order valence-electron chi connectivity index (χ0n) is 18.8. The number of terminal acetylenes is 1. The number of ether oxygens (including phenoxy) is 2. The number of rotatable bonds is 11. The Kier molecular flexibility index (Phi) is 9.26. The summed E-state index contributed by atoms with van der Waals surface area (Å²) < 4.78 is 10.2. The average molecular weight is 468 g/mol. The molecule has 0 aliphatic rings. The monoisotopic (exact) mass is 468 g/mol. The molecule has 2 aromatic rings. The molecule has 0 aliphatic carbocycles. The molecule has 0 bridgehead atoms. The Morgan fingerprint density at radius 1 is 0.941 bits per heavy atom. The average Bonchev–Trinajstić information content (AvgIpc) is 2.84. The van der Waals surface area contributed by atoms with Gasteiger partial charge in [-0.25, -0.2) is 9.59 Å². The van der Waals surface area contributed by atoms with Crippen LogP contribution in [0.25, 0.3) is 11.1 Å². The summed E-state index contributed by atoms with van der Waals surface area (Å²) in [5, 5.41) is 22.7. The predicted octanol–water partition coefficient (Wildman–Crippen LogP) is 5.09. The van der Waals surface area contributed by atoms with Gasteiger partial charge in [-0.3, -0.25) is 20.2 Å². The van der Waals surface area contributed by atoms with Crippen LogP contribution in [-0.2, 0) is 9.47 Å². The molecule has 10 heteroatoms. The summed E-state index contributed by atoms with van der Waals surface area (Å²) in [6.45, 7) is 2.06. The van der Waals surface area contributed by atoms with E-state index in [0.717, 1.165) is 63.1 Å². The summed E-state index contributed by atoms with van der Waals surface area (Å²) in [7, 11) is 1.12. The van der Waals surface area contributed by atoms with Gasteiger partial charge < -0.3 is 9.47 Å². The van der Waals surface area contributed by atoms with Crippen molar-refractivity contribution in [1.29, 1.82) is 0 Å². The fourth-order valence-corrected chi connectivity index (χ4v) is 3.33. The molecule has 0 saturated heterocycles. The number of carbonyl (C=O) groups is 2. The van der Waals surface area contributed by atoms with Crippen LogP contribution in [0.2, 0.25) is 0 Å². The highest BCUT2D eigenvalue weighted by Gasteiger charge is 2.26. The first-order valence-corrected chi connectivity index (χ1v) is 10.6. The normalized spacial score (nSPS) is 11.2. The summed E-state index contributed by atoms with van der Waals surface area (Å²) >= 11 is 0. The third kappa shape index (κ3) is 6.38. The van der Waals surface area contributed by atoms with Crippen LogP contribution < -0.4 is 0 Å². The van der Waals surface area contributed by atoms with E-state index in [9.17, 15) is 29.8 Å². The molecule has 10 nitrogen and oxygen atoms in total. The van der Waals surface area contributed by atoms with Gasteiger partial charge in [-0.1, -0.05) is 32.1 Å². The zero-order chi connectivity index (χ0) is 25.3. The highest BCUT2D eigenvalue weighted by molar-refractivity contribution is 6.04. The molecule has 0 saturated carbocycles. The first-order chi connectivity index (χ1) is 16.2. The van der Waals surface area contributed by atoms with Gasteiger partial charge in [-0.15, -0.1) is 6.42 Å². The van der Waals surface area contributed by atoms with Crippen molar-refractivity contribution < 1.29 is 28.9 Å². The van der Waals surface area contributed by atoms with Crippen LogP contribution in [0.5, 0.6) is 0 Å². The van der Waals surface area contributed by atoms with Gasteiger partial charge >= 0.3 is 11.9 Å². The number of non-ortho nitro benzene ring substituents is 2. The number of hydrogen-bond donors (Lipinski definition) is 0. The van der Waals surface area contributed by atoms with E-state index in [1.807, 2.05) is 0 Å². The SMILES string of the molecule is C#C[C@@H](CCCCCC)OC(=O)c1ccc([N+](=O)[O-])cc1-c1cc([N+](=O)[O-])ccc1C(=O)OC. The summed E-state index contributed by atoms with van der Waals surface area (Å²) in [5.41, 5.74) is -1.20. The molecule has 178 valence electrons. The second-order valence-electron chi connectivity index (χ2n) is 7.38. The van der Waals surface area contributed by atoms with Crippen LogP contribution in [0.1, 0.15) is 59.7 Å². The van der Waals surface area contributed by atoms with Crippen LogP contribution in [0.15, 0.2) is 36.4 Å². The topological polar surface area (TPSA) is 139 Å². The number of methoxy groups -OCH3 is 1. The predicted molar refractivity (Wildman–Crippen MR) is 123 cm³/mol. The van der Waals surface area contributed by atoms with Crippen molar-refractivity contribution in [2.75, 3.05) is 7.11 Å². The van der Waals surface area contributed by atoms with Crippen molar-refractivity contribution in [3.05, 3.63) is 67.8 Å². The van der Waals surface area contributed by atoms with E-state index in [2.05, 4.69) is 12.8 Å². The Hall–Kier alpha value is -4.26. The maximum atomic E-state index is 13.0. The number of carbonyl (C=O) groups excluding carboxylic acids is 2. The lowest BCUT2D eigenvalue weighted by Crippen LogP contribution is -2.18. The lowest BCUT2D eigenvalue weighted by atomic mass is 9.94. The Labute approximate surface area is 196 Å². The number of unbranched alkanes of at least 4 members (excludes halogenated alkanes) is 3. The van der Waals surface area contributed by atoms with E-state index < -0.39 is 27.9 Å². The number of nitrogens with zero attached hydrogens (tertiary/aromatic N) is 2. The number of nitro groups is 2. The quantitative estimate of drug-likeness (QED) is 0.146. The molecule has 0 amide bonds. The van der Waals surface area contributed by atoms with Gasteiger partial charge in [0.2, 0.25) is 0 Å². The molecular weight excluding hydrogens is 444 g/mol. The number of nitro benzene ring substituents is 2. The van der Waals surface area contributed by atoms with E-state index in [1.54, 1.807) is 0 Å². The lowest BCUT2D eigenvalue weighted by molar-refractivity contribution is -0.385. The fraction of sp³-hybridized carbons (Fsp3) is 0.333. The first-order valence-electron chi connectivity index (χ1n) is 10.6. The third-order valence-corrected chi connectivity index (χ3v) is 5.10. The van der Waals surface area contributed by atoms with Gasteiger partial charge in [0.25, 0.3) is 11.4 Å². The van der Waals surface area contributed by atoms with Gasteiger partial charge in [0, 0.05) is 35.4 Å². The van der Waals surface area contributed by atoms with Crippen LogP contribution in [-0.4, -0.2) is 35.0 Å². The second-order valence-corrected chi connectivity index (χ2v) is 7.38. The molecule has 0 aromatic heterocycles. The highest BCUT2D eigenvalue weighted by atomic mass is 16.6. The van der Waals surface area contributed by atoms with Crippen LogP contribution in [0.4, 0.5) is 11.4 Å². The summed E-state index contributed by atoms with van der Waals surface area (Å²) in [6, 6.07) is 6.61. The Morgan fingerprint density at radius 3 is 1.91 bits per heavy atom. The Bertz CT molecular complexity index is 1140. The summed E-state index contributed by atoms with van der Waals surface area (Å²) in [5.74, 6) is 0.707. The molecule has 1 atom stereocenters. The van der Waals surface area contributed by atoms with Crippen molar-refractivity contribution in [1.82, 2.24) is 0 Å². The van der Waals surface area contributed by atoms with E-state index in [-0.39, 0.29) is 33.6 Å². The number of esters is 2. The molecule has 0 spiro atoms. The molecule has 0 heterocycles. The molecular formula is C24H24N2O8. The van der Waals surface area contributed by atoms with E-state index >= 15 is 0 Å². The first kappa shape index (κ1) is 26.0. The van der Waals surface area contributed by atoms with Gasteiger partial charge in [-0.05, 0) is 25.0 Å². The maximum absolute atomic E-state index is 13.0. The van der Waals surface area contributed by atoms with Gasteiger partial charge in [0.05, 0.1) is 28.1 Å². The summed E-state index contributed by atoms with van der Waals surface area (Å²) in [4.78, 5) is 46.6. The minimum Gasteiger partial charge on any atom is -0.465 e. The minimum atomic E-state index is -0.870. The zero-order valence-corrected chi connectivity index (χ0v) is 18.8. The van der Waals surface area contributed by atoms with Gasteiger partial charge in [0.15, 0.2) is 6.10 Å². The van der Waals surface area contributed by atoms with Crippen LogP contribution >= 0.6 is 0 Å². The fourth-order valence-electron chi connectivity index (χ4n) is 3.33. The molecule has 0 aliphatic heterocycles. The molecule has 2 rings (SSSR count). The lowest BCUT2D eigenvalue weighted by Gasteiger charge is -2.16. The second kappa shape index (κ2) is 12.1. The van der Waals surface area contributed by atoms with Crippen LogP contribution in [0, 0.1) is 32.6 Å². The van der Waals surface area contributed by atoms with E-state index in [4.69, 9.17) is 15.9 Å². The third-order valence-electron chi connectivity index (χ3n) is 5.10. The largest absolute Gasteiger partial charge is 0.465 e. The van der Waals surface area contributed by atoms with E-state index in [0.29, 0.717) is 6.42 Å². The smallest absolute Gasteiger partial charge is 0.340 e. The van der Waals surface area contributed by atoms with Crippen molar-refractivity contribution >= 4 is 23.3 Å². The van der Waals surface area contributed by atoms with Crippen molar-refractivity contribution in [3.8, 4) is 23.5 Å². The Balaban J connectivity index is 2.58. The minimum absolute atomic E-state index is 0.0862. The Morgan fingerprint density at radius 2 is 1.47 bits per heavy atom. The maximum Gasteiger partial charge on any atom is 0.340 e. The van der Waals surface area contributed by atoms with Crippen molar-refractivity contribution in [2.45, 2.75) is 45.1 Å². The molecule has 0 unspecified atom stereocenters. The number of benzene rings is 2. The summed E-state index contributed by atoms with van der Waals surface area (Å²) in [6.07, 6.45) is 8.84. The van der Waals surface area contributed by atoms with Crippen molar-refractivity contribution in [2.24, 2.45) is 0 Å². The highest BCUT2D eigenvalue weighted by Crippen LogP contribution is 2.34. The molecule has 2 aromatic carbocycles. The molecule has 0 radical (unpaired) electrons. The standard InChI is InChI=1S/C24H24N2O8/c1-4-6-7-8-9-18(5-2)34-24(28)20-13-11-17(26(31)32)15-22(20)21-14-16(25(29)30)10-12-19(21)23(27)33-3/h2,10-15,18H,4,6-9H2,1,3H3/t18-/m0/s1. The van der Waals surface area contributed by atoms with Gasteiger partial charge in [-0.2, -0.15) is 0 Å². The molecule has 0 fully saturated rings. The van der Waals surface area contributed by atoms with E-state index in [1.165, 1.54) is 6.07 Å². The van der Waals surface area contributed by atoms with Crippen LogP contribution in [0.3, 0.4) is 0 Å². The molecule has 34 heavy (non-hydrogen) atoms. The van der Waals surface area contributed by atoms with Gasteiger partial charge in [0.1, 0.15) is 0 Å². The number of hydrogen-bond acceptors (Lipinski definition) is 8. The van der Waals surface area contributed by atoms with Crippen molar-refractivity contribution in [3.63, 3.8) is 0 Å². The molecule has 0 N–H and O–H groups in total.